The van der Waals surface area contributed by atoms with Gasteiger partial charge >= 0.3 is 0 Å². The Bertz CT molecular complexity index is 911. The SMILES string of the molecule is O=C(NC1CCCC1)[C@H]1c2ccccc2C(=O)N(c2ccccc2)C12CCCC2. The third-order valence-electron chi connectivity index (χ3n) is 7.14. The van der Waals surface area contributed by atoms with Gasteiger partial charge in [-0.3, -0.25) is 9.59 Å². The molecule has 2 fully saturated rings. The summed E-state index contributed by atoms with van der Waals surface area (Å²) < 4.78 is 0. The highest BCUT2D eigenvalue weighted by molar-refractivity contribution is 6.12. The molecular weight excluding hydrogens is 360 g/mol. The van der Waals surface area contributed by atoms with Crippen molar-refractivity contribution in [3.05, 3.63) is 65.7 Å². The van der Waals surface area contributed by atoms with Gasteiger partial charge in [0.2, 0.25) is 5.91 Å². The van der Waals surface area contributed by atoms with Gasteiger partial charge in [0, 0.05) is 17.3 Å². The number of hydrogen-bond acceptors (Lipinski definition) is 2. The third-order valence-corrected chi connectivity index (χ3v) is 7.14. The Morgan fingerprint density at radius 1 is 0.897 bits per heavy atom. The highest BCUT2D eigenvalue weighted by atomic mass is 16.2. The van der Waals surface area contributed by atoms with Crippen LogP contribution in [0.15, 0.2) is 54.6 Å². The number of rotatable bonds is 3. The quantitative estimate of drug-likeness (QED) is 0.821. The molecule has 2 aliphatic carbocycles. The molecule has 1 spiro atoms. The van der Waals surface area contributed by atoms with Crippen LogP contribution in [0.25, 0.3) is 0 Å². The zero-order chi connectivity index (χ0) is 19.8. The Balaban J connectivity index is 1.65. The fourth-order valence-corrected chi connectivity index (χ4v) is 5.88. The van der Waals surface area contributed by atoms with Crippen LogP contribution in [0.3, 0.4) is 0 Å². The Morgan fingerprint density at radius 2 is 1.55 bits per heavy atom. The van der Waals surface area contributed by atoms with E-state index in [-0.39, 0.29) is 23.8 Å². The lowest BCUT2D eigenvalue weighted by Crippen LogP contribution is -2.61. The van der Waals surface area contributed by atoms with Crippen LogP contribution in [-0.2, 0) is 4.79 Å². The first kappa shape index (κ1) is 18.4. The highest BCUT2D eigenvalue weighted by Crippen LogP contribution is 2.52. The Kier molecular flexibility index (Phi) is 4.65. The monoisotopic (exact) mass is 388 g/mol. The van der Waals surface area contributed by atoms with E-state index in [0.717, 1.165) is 49.8 Å². The average Bonchev–Trinajstić information content (AvgIpc) is 3.42. The molecule has 0 aromatic heterocycles. The van der Waals surface area contributed by atoms with Crippen molar-refractivity contribution in [2.75, 3.05) is 4.90 Å². The summed E-state index contributed by atoms with van der Waals surface area (Å²) in [6, 6.07) is 17.9. The largest absolute Gasteiger partial charge is 0.353 e. The lowest BCUT2D eigenvalue weighted by atomic mass is 9.70. The van der Waals surface area contributed by atoms with Gasteiger partial charge in [-0.1, -0.05) is 62.1 Å². The molecule has 1 N–H and O–H groups in total. The number of carbonyl (C=O) groups excluding carboxylic acids is 2. The summed E-state index contributed by atoms with van der Waals surface area (Å²) >= 11 is 0. The van der Waals surface area contributed by atoms with E-state index >= 15 is 0 Å². The van der Waals surface area contributed by atoms with Crippen LogP contribution in [0.1, 0.15) is 73.2 Å². The summed E-state index contributed by atoms with van der Waals surface area (Å²) in [5, 5.41) is 3.35. The zero-order valence-electron chi connectivity index (χ0n) is 16.8. The second-order valence-corrected chi connectivity index (χ2v) is 8.80. The van der Waals surface area contributed by atoms with Gasteiger partial charge in [0.1, 0.15) is 0 Å². The van der Waals surface area contributed by atoms with E-state index in [4.69, 9.17) is 0 Å². The van der Waals surface area contributed by atoms with E-state index in [1.165, 1.54) is 12.8 Å². The van der Waals surface area contributed by atoms with E-state index in [9.17, 15) is 9.59 Å². The molecule has 1 atom stereocenters. The van der Waals surface area contributed by atoms with E-state index in [1.54, 1.807) is 0 Å². The second-order valence-electron chi connectivity index (χ2n) is 8.80. The average molecular weight is 389 g/mol. The maximum atomic E-state index is 13.7. The van der Waals surface area contributed by atoms with E-state index in [0.29, 0.717) is 5.56 Å². The van der Waals surface area contributed by atoms with Crippen molar-refractivity contribution in [2.24, 2.45) is 0 Å². The van der Waals surface area contributed by atoms with E-state index < -0.39 is 5.54 Å². The van der Waals surface area contributed by atoms with Gasteiger partial charge in [0.25, 0.3) is 5.91 Å². The van der Waals surface area contributed by atoms with Gasteiger partial charge in [-0.2, -0.15) is 0 Å². The molecule has 4 heteroatoms. The number of benzene rings is 2. The van der Waals surface area contributed by atoms with Gasteiger partial charge < -0.3 is 10.2 Å². The van der Waals surface area contributed by atoms with Crippen LogP contribution < -0.4 is 10.2 Å². The lowest BCUT2D eigenvalue weighted by Gasteiger charge is -2.50. The van der Waals surface area contributed by atoms with Crippen molar-refractivity contribution in [1.29, 1.82) is 0 Å². The normalized spacial score (nSPS) is 23.4. The lowest BCUT2D eigenvalue weighted by molar-refractivity contribution is -0.124. The van der Waals surface area contributed by atoms with Crippen molar-refractivity contribution in [2.45, 2.75) is 68.9 Å². The van der Waals surface area contributed by atoms with Crippen LogP contribution in [0.4, 0.5) is 5.69 Å². The molecule has 4 nitrogen and oxygen atoms in total. The fraction of sp³-hybridized carbons (Fsp3) is 0.440. The molecular formula is C25H28N2O2. The van der Waals surface area contributed by atoms with Crippen molar-refractivity contribution in [1.82, 2.24) is 5.32 Å². The molecule has 0 unspecified atom stereocenters. The van der Waals surface area contributed by atoms with Crippen molar-refractivity contribution >= 4 is 17.5 Å². The standard InChI is InChI=1S/C25H28N2O2/c28-23(26-18-10-4-5-11-18)22-20-14-6-7-15-21(20)24(29)27(19-12-2-1-3-13-19)25(22)16-8-9-17-25/h1-3,6-7,12-15,18,22H,4-5,8-11,16-17H2,(H,26,28)/t22-/m1/s1. The minimum Gasteiger partial charge on any atom is -0.353 e. The maximum Gasteiger partial charge on any atom is 0.259 e. The molecule has 29 heavy (non-hydrogen) atoms. The number of hydrogen-bond donors (Lipinski definition) is 1. The van der Waals surface area contributed by atoms with Crippen molar-refractivity contribution in [3.63, 3.8) is 0 Å². The first-order valence-corrected chi connectivity index (χ1v) is 11.0. The van der Waals surface area contributed by atoms with Crippen LogP contribution in [0.2, 0.25) is 0 Å². The van der Waals surface area contributed by atoms with Gasteiger partial charge in [0.05, 0.1) is 11.5 Å². The molecule has 5 rings (SSSR count). The van der Waals surface area contributed by atoms with Crippen molar-refractivity contribution in [3.8, 4) is 0 Å². The third kappa shape index (κ3) is 2.97. The molecule has 2 aromatic rings. The van der Waals surface area contributed by atoms with Gasteiger partial charge in [0.15, 0.2) is 0 Å². The predicted octanol–water partition coefficient (Wildman–Crippen LogP) is 4.80. The van der Waals surface area contributed by atoms with E-state index in [1.807, 2.05) is 59.5 Å². The Hall–Kier alpha value is -2.62. The number of fused-ring (bicyclic) bond motifs is 1. The molecule has 3 aliphatic rings. The highest BCUT2D eigenvalue weighted by Gasteiger charge is 2.56. The van der Waals surface area contributed by atoms with Crippen LogP contribution >= 0.6 is 0 Å². The molecule has 2 saturated carbocycles. The number of amides is 2. The molecule has 0 saturated heterocycles. The maximum absolute atomic E-state index is 13.7. The Morgan fingerprint density at radius 3 is 2.28 bits per heavy atom. The summed E-state index contributed by atoms with van der Waals surface area (Å²) in [7, 11) is 0. The van der Waals surface area contributed by atoms with E-state index in [2.05, 4.69) is 5.32 Å². The number of carbonyl (C=O) groups is 2. The summed E-state index contributed by atoms with van der Waals surface area (Å²) in [4.78, 5) is 29.4. The number of para-hydroxylation sites is 1. The molecule has 0 radical (unpaired) electrons. The van der Waals surface area contributed by atoms with Crippen molar-refractivity contribution < 1.29 is 9.59 Å². The first-order valence-electron chi connectivity index (χ1n) is 11.0. The van der Waals surface area contributed by atoms with Gasteiger partial charge in [-0.25, -0.2) is 0 Å². The molecule has 0 bridgehead atoms. The van der Waals surface area contributed by atoms with Crippen LogP contribution in [0, 0.1) is 0 Å². The van der Waals surface area contributed by atoms with Crippen LogP contribution in [0.5, 0.6) is 0 Å². The summed E-state index contributed by atoms with van der Waals surface area (Å²) in [6.07, 6.45) is 8.33. The minimum absolute atomic E-state index is 0.0265. The molecule has 1 heterocycles. The van der Waals surface area contributed by atoms with Gasteiger partial charge in [-0.15, -0.1) is 0 Å². The summed E-state index contributed by atoms with van der Waals surface area (Å²) in [5.74, 6) is -0.196. The topological polar surface area (TPSA) is 49.4 Å². The number of nitrogens with zero attached hydrogens (tertiary/aromatic N) is 1. The zero-order valence-corrected chi connectivity index (χ0v) is 16.8. The first-order chi connectivity index (χ1) is 14.2. The summed E-state index contributed by atoms with van der Waals surface area (Å²) in [5.41, 5.74) is 1.99. The number of nitrogens with one attached hydrogen (secondary N) is 1. The molecule has 150 valence electrons. The minimum atomic E-state index is -0.477. The smallest absolute Gasteiger partial charge is 0.259 e. The fourth-order valence-electron chi connectivity index (χ4n) is 5.88. The molecule has 2 amide bonds. The molecule has 1 aliphatic heterocycles. The predicted molar refractivity (Wildman–Crippen MR) is 114 cm³/mol. The summed E-state index contributed by atoms with van der Waals surface area (Å²) in [6.45, 7) is 0. The molecule has 2 aromatic carbocycles. The Labute approximate surface area is 172 Å². The van der Waals surface area contributed by atoms with Crippen LogP contribution in [-0.4, -0.2) is 23.4 Å². The second kappa shape index (κ2) is 7.33. The number of anilines is 1. The van der Waals surface area contributed by atoms with Gasteiger partial charge in [-0.05, 0) is 49.4 Å².